The largest absolute Gasteiger partial charge is 0.348 e. The Morgan fingerprint density at radius 3 is 2.45 bits per heavy atom. The van der Waals surface area contributed by atoms with E-state index in [2.05, 4.69) is 20.0 Å². The maximum Gasteiger partial charge on any atom is 0.254 e. The van der Waals surface area contributed by atoms with Crippen LogP contribution in [0.5, 0.6) is 0 Å². The van der Waals surface area contributed by atoms with Crippen molar-refractivity contribution in [1.29, 1.82) is 0 Å². The quantitative estimate of drug-likeness (QED) is 0.558. The molecule has 2 N–H and O–H groups in total. The van der Waals surface area contributed by atoms with Crippen molar-refractivity contribution in [2.75, 3.05) is 6.54 Å². The molecule has 3 rings (SSSR count). The molecule has 1 aromatic heterocycles. The number of halogens is 1. The number of carbonyl (C=O) groups is 1. The van der Waals surface area contributed by atoms with Gasteiger partial charge in [0.1, 0.15) is 5.82 Å². The molecule has 0 aliphatic rings. The lowest BCUT2D eigenvalue weighted by atomic mass is 10.2. The first-order valence-corrected chi connectivity index (χ1v) is 11.2. The van der Waals surface area contributed by atoms with E-state index in [1.54, 1.807) is 24.3 Å². The first-order chi connectivity index (χ1) is 14.7. The van der Waals surface area contributed by atoms with Gasteiger partial charge in [0.05, 0.1) is 10.5 Å². The van der Waals surface area contributed by atoms with Crippen molar-refractivity contribution in [2.24, 2.45) is 5.92 Å². The van der Waals surface area contributed by atoms with Crippen LogP contribution in [0, 0.1) is 11.7 Å². The number of hydrogen-bond acceptors (Lipinski definition) is 5. The fourth-order valence-corrected chi connectivity index (χ4v) is 3.97. The number of aromatic nitrogens is 2. The van der Waals surface area contributed by atoms with E-state index in [-0.39, 0.29) is 22.9 Å². The minimum atomic E-state index is -3.61. The molecule has 0 aliphatic heterocycles. The summed E-state index contributed by atoms with van der Waals surface area (Å²) in [5, 5.41) is 2.72. The zero-order chi connectivity index (χ0) is 22.4. The average molecular weight is 443 g/mol. The molecule has 0 unspecified atom stereocenters. The molecule has 0 spiro atoms. The zero-order valence-corrected chi connectivity index (χ0v) is 18.0. The molecule has 0 saturated heterocycles. The summed E-state index contributed by atoms with van der Waals surface area (Å²) >= 11 is 0. The summed E-state index contributed by atoms with van der Waals surface area (Å²) in [6.45, 7) is 4.32. The Hall–Kier alpha value is -3.17. The van der Waals surface area contributed by atoms with Crippen LogP contribution in [-0.2, 0) is 16.6 Å². The summed E-state index contributed by atoms with van der Waals surface area (Å²) in [5.74, 6) is -0.307. The highest BCUT2D eigenvalue weighted by molar-refractivity contribution is 7.89. The molecule has 0 bridgehead atoms. The number of benzene rings is 2. The third-order valence-electron chi connectivity index (χ3n) is 4.34. The van der Waals surface area contributed by atoms with Crippen LogP contribution >= 0.6 is 0 Å². The van der Waals surface area contributed by atoms with E-state index in [1.165, 1.54) is 36.7 Å². The smallest absolute Gasteiger partial charge is 0.254 e. The highest BCUT2D eigenvalue weighted by Crippen LogP contribution is 2.16. The second kappa shape index (κ2) is 9.76. The fraction of sp³-hybridized carbons (Fsp3) is 0.227. The molecule has 0 saturated carbocycles. The second-order valence-corrected chi connectivity index (χ2v) is 9.15. The Kier molecular flexibility index (Phi) is 7.09. The number of carbonyl (C=O) groups excluding carboxylic acids is 1. The topological polar surface area (TPSA) is 101 Å². The predicted octanol–water partition coefficient (Wildman–Crippen LogP) is 3.15. The number of sulfonamides is 1. The van der Waals surface area contributed by atoms with Gasteiger partial charge in [-0.1, -0.05) is 38.1 Å². The van der Waals surface area contributed by atoms with Crippen molar-refractivity contribution in [1.82, 2.24) is 20.0 Å². The van der Waals surface area contributed by atoms with Crippen LogP contribution in [0.4, 0.5) is 4.39 Å². The van der Waals surface area contributed by atoms with Crippen molar-refractivity contribution < 1.29 is 17.6 Å². The first kappa shape index (κ1) is 22.5. The molecule has 0 radical (unpaired) electrons. The molecule has 0 atom stereocenters. The lowest BCUT2D eigenvalue weighted by Gasteiger charge is -2.10. The standard InChI is InChI=1S/C22H23FN4O3S/c1-15(2)11-27-31(29,30)20-8-3-5-16(9-20)12-26-22(28)18-13-24-21(25-14-18)17-6-4-7-19(23)10-17/h3-10,13-15,27H,11-12H2,1-2H3,(H,26,28). The van der Waals surface area contributed by atoms with E-state index >= 15 is 0 Å². The number of hydrogen-bond donors (Lipinski definition) is 2. The zero-order valence-electron chi connectivity index (χ0n) is 17.2. The minimum Gasteiger partial charge on any atom is -0.348 e. The second-order valence-electron chi connectivity index (χ2n) is 7.38. The highest BCUT2D eigenvalue weighted by Gasteiger charge is 2.15. The van der Waals surface area contributed by atoms with Gasteiger partial charge < -0.3 is 5.32 Å². The molecular weight excluding hydrogens is 419 g/mol. The molecule has 162 valence electrons. The van der Waals surface area contributed by atoms with E-state index in [0.29, 0.717) is 23.5 Å². The Labute approximate surface area is 180 Å². The molecule has 31 heavy (non-hydrogen) atoms. The van der Waals surface area contributed by atoms with Gasteiger partial charge in [0.15, 0.2) is 5.82 Å². The summed E-state index contributed by atoms with van der Waals surface area (Å²) in [6, 6.07) is 12.3. The summed E-state index contributed by atoms with van der Waals surface area (Å²) in [5.41, 5.74) is 1.39. The van der Waals surface area contributed by atoms with Gasteiger partial charge >= 0.3 is 0 Å². The van der Waals surface area contributed by atoms with Crippen molar-refractivity contribution in [3.8, 4) is 11.4 Å². The normalized spacial score (nSPS) is 11.5. The van der Waals surface area contributed by atoms with Gasteiger partial charge in [0.2, 0.25) is 10.0 Å². The van der Waals surface area contributed by atoms with Crippen molar-refractivity contribution in [3.63, 3.8) is 0 Å². The van der Waals surface area contributed by atoms with Gasteiger partial charge in [-0.3, -0.25) is 4.79 Å². The third-order valence-corrected chi connectivity index (χ3v) is 5.76. The Balaban J connectivity index is 1.64. The number of nitrogens with zero attached hydrogens (tertiary/aromatic N) is 2. The molecule has 0 fully saturated rings. The Morgan fingerprint density at radius 1 is 1.06 bits per heavy atom. The van der Waals surface area contributed by atoms with E-state index in [0.717, 1.165) is 0 Å². The van der Waals surface area contributed by atoms with Gasteiger partial charge in [0, 0.05) is 31.0 Å². The summed E-state index contributed by atoms with van der Waals surface area (Å²) in [7, 11) is -3.61. The Morgan fingerprint density at radius 2 is 1.77 bits per heavy atom. The van der Waals surface area contributed by atoms with Gasteiger partial charge in [-0.05, 0) is 35.7 Å². The van der Waals surface area contributed by atoms with Crippen LogP contribution in [0.1, 0.15) is 29.8 Å². The molecule has 2 aromatic carbocycles. The molecule has 9 heteroatoms. The van der Waals surface area contributed by atoms with E-state index in [9.17, 15) is 17.6 Å². The number of amides is 1. The lowest BCUT2D eigenvalue weighted by molar-refractivity contribution is 0.0950. The minimum absolute atomic E-state index is 0.137. The molecule has 0 aliphatic carbocycles. The van der Waals surface area contributed by atoms with Crippen LogP contribution in [-0.4, -0.2) is 30.8 Å². The maximum atomic E-state index is 13.3. The van der Waals surface area contributed by atoms with E-state index in [4.69, 9.17) is 0 Å². The molecule has 1 amide bonds. The average Bonchev–Trinajstić information content (AvgIpc) is 2.76. The van der Waals surface area contributed by atoms with Gasteiger partial charge in [-0.2, -0.15) is 0 Å². The van der Waals surface area contributed by atoms with E-state index in [1.807, 2.05) is 13.8 Å². The highest BCUT2D eigenvalue weighted by atomic mass is 32.2. The first-order valence-electron chi connectivity index (χ1n) is 9.69. The van der Waals surface area contributed by atoms with E-state index < -0.39 is 21.7 Å². The van der Waals surface area contributed by atoms with Gasteiger partial charge in [-0.15, -0.1) is 0 Å². The van der Waals surface area contributed by atoms with Crippen LogP contribution in [0.15, 0.2) is 65.8 Å². The summed E-state index contributed by atoms with van der Waals surface area (Å²) in [4.78, 5) is 20.8. The van der Waals surface area contributed by atoms with Crippen LogP contribution in [0.2, 0.25) is 0 Å². The van der Waals surface area contributed by atoms with Crippen molar-refractivity contribution in [2.45, 2.75) is 25.3 Å². The van der Waals surface area contributed by atoms with Gasteiger partial charge in [-0.25, -0.2) is 27.5 Å². The predicted molar refractivity (Wildman–Crippen MR) is 115 cm³/mol. The van der Waals surface area contributed by atoms with Crippen molar-refractivity contribution >= 4 is 15.9 Å². The van der Waals surface area contributed by atoms with Crippen molar-refractivity contribution in [3.05, 3.63) is 77.9 Å². The Bertz CT molecular complexity index is 1170. The van der Waals surface area contributed by atoms with Crippen LogP contribution in [0.3, 0.4) is 0 Å². The number of nitrogens with one attached hydrogen (secondary N) is 2. The SMILES string of the molecule is CC(C)CNS(=O)(=O)c1cccc(CNC(=O)c2cnc(-c3cccc(F)c3)nc2)c1. The lowest BCUT2D eigenvalue weighted by Crippen LogP contribution is -2.28. The summed E-state index contributed by atoms with van der Waals surface area (Å²) < 4.78 is 40.7. The number of rotatable bonds is 8. The molecule has 7 nitrogen and oxygen atoms in total. The molecular formula is C22H23FN4O3S. The summed E-state index contributed by atoms with van der Waals surface area (Å²) in [6.07, 6.45) is 2.72. The fourth-order valence-electron chi connectivity index (χ4n) is 2.69. The molecule has 3 aromatic rings. The van der Waals surface area contributed by atoms with Gasteiger partial charge in [0.25, 0.3) is 5.91 Å². The van der Waals surface area contributed by atoms with Crippen LogP contribution in [0.25, 0.3) is 11.4 Å². The monoisotopic (exact) mass is 442 g/mol. The molecule has 1 heterocycles. The third kappa shape index (κ3) is 6.16. The van der Waals surface area contributed by atoms with Crippen LogP contribution < -0.4 is 10.0 Å². The maximum absolute atomic E-state index is 13.3.